The molecule has 1 aromatic heterocycles. The topological polar surface area (TPSA) is 20.3 Å². The molecule has 4 heteroatoms. The van der Waals surface area contributed by atoms with Gasteiger partial charge in [0.1, 0.15) is 4.88 Å². The Hall–Kier alpha value is -0.350. The highest BCUT2D eigenvalue weighted by molar-refractivity contribution is 9.10. The van der Waals surface area contributed by atoms with Gasteiger partial charge in [0, 0.05) is 17.6 Å². The van der Waals surface area contributed by atoms with Gasteiger partial charge in [0.05, 0.1) is 0 Å². The molecule has 1 aliphatic heterocycles. The first-order valence-corrected chi connectivity index (χ1v) is 6.19. The van der Waals surface area contributed by atoms with Crippen LogP contribution in [-0.4, -0.2) is 23.9 Å². The highest BCUT2D eigenvalue weighted by Gasteiger charge is 2.38. The first-order chi connectivity index (χ1) is 6.49. The average Bonchev–Trinajstić information content (AvgIpc) is 2.45. The second-order valence-electron chi connectivity index (χ2n) is 4.42. The van der Waals surface area contributed by atoms with Crippen molar-refractivity contribution in [2.75, 3.05) is 13.1 Å². The molecule has 14 heavy (non-hydrogen) atoms. The van der Waals surface area contributed by atoms with Crippen LogP contribution in [0.2, 0.25) is 0 Å². The van der Waals surface area contributed by atoms with E-state index < -0.39 is 0 Å². The van der Waals surface area contributed by atoms with E-state index in [9.17, 15) is 4.79 Å². The largest absolute Gasteiger partial charge is 0.337 e. The highest BCUT2D eigenvalue weighted by atomic mass is 79.9. The highest BCUT2D eigenvalue weighted by Crippen LogP contribution is 2.32. The Morgan fingerprint density at radius 3 is 2.64 bits per heavy atom. The normalized spacial score (nSPS) is 19.2. The third-order valence-electron chi connectivity index (χ3n) is 2.34. The number of halogens is 1. The van der Waals surface area contributed by atoms with Gasteiger partial charge in [0.15, 0.2) is 0 Å². The molecule has 76 valence electrons. The molecule has 0 N–H and O–H groups in total. The summed E-state index contributed by atoms with van der Waals surface area (Å²) in [4.78, 5) is 14.6. The first kappa shape index (κ1) is 10.2. The Bertz CT molecular complexity index is 364. The van der Waals surface area contributed by atoms with E-state index in [-0.39, 0.29) is 5.91 Å². The maximum Gasteiger partial charge on any atom is 0.265 e. The van der Waals surface area contributed by atoms with Crippen LogP contribution in [0.15, 0.2) is 15.9 Å². The van der Waals surface area contributed by atoms with Gasteiger partial charge in [-0.15, -0.1) is 11.3 Å². The lowest BCUT2D eigenvalue weighted by Crippen LogP contribution is -2.55. The van der Waals surface area contributed by atoms with E-state index in [0.29, 0.717) is 5.41 Å². The van der Waals surface area contributed by atoms with E-state index in [1.54, 1.807) is 0 Å². The SMILES string of the molecule is CC1(C)CN(C(=O)c2sccc2Br)C1. The van der Waals surface area contributed by atoms with Crippen molar-refractivity contribution < 1.29 is 4.79 Å². The van der Waals surface area contributed by atoms with Gasteiger partial charge >= 0.3 is 0 Å². The van der Waals surface area contributed by atoms with E-state index in [4.69, 9.17) is 0 Å². The molecule has 1 aromatic rings. The van der Waals surface area contributed by atoms with Crippen molar-refractivity contribution in [3.8, 4) is 0 Å². The van der Waals surface area contributed by atoms with Crippen LogP contribution in [0.25, 0.3) is 0 Å². The lowest BCUT2D eigenvalue weighted by atomic mass is 9.84. The van der Waals surface area contributed by atoms with Gasteiger partial charge in [-0.05, 0) is 32.8 Å². The lowest BCUT2D eigenvalue weighted by Gasteiger charge is -2.45. The number of nitrogens with zero attached hydrogens (tertiary/aromatic N) is 1. The summed E-state index contributed by atoms with van der Waals surface area (Å²) >= 11 is 4.88. The third-order valence-corrected chi connectivity index (χ3v) is 4.16. The van der Waals surface area contributed by atoms with Crippen LogP contribution >= 0.6 is 27.3 Å². The van der Waals surface area contributed by atoms with Crippen LogP contribution in [0.4, 0.5) is 0 Å². The summed E-state index contributed by atoms with van der Waals surface area (Å²) in [6.45, 7) is 6.10. The number of amides is 1. The molecular formula is C10H12BrNOS. The predicted molar refractivity (Wildman–Crippen MR) is 61.7 cm³/mol. The van der Waals surface area contributed by atoms with Crippen LogP contribution < -0.4 is 0 Å². The Kier molecular flexibility index (Phi) is 2.43. The predicted octanol–water partition coefficient (Wildman–Crippen LogP) is 2.99. The second kappa shape index (κ2) is 3.35. The third kappa shape index (κ3) is 1.73. The Morgan fingerprint density at radius 2 is 2.21 bits per heavy atom. The van der Waals surface area contributed by atoms with Crippen LogP contribution in [0.3, 0.4) is 0 Å². The van der Waals surface area contributed by atoms with Crippen molar-refractivity contribution in [1.82, 2.24) is 4.90 Å². The summed E-state index contributed by atoms with van der Waals surface area (Å²) in [5.41, 5.74) is 0.305. The Balaban J connectivity index is 2.08. The number of thiophene rings is 1. The van der Waals surface area contributed by atoms with E-state index in [1.165, 1.54) is 11.3 Å². The van der Waals surface area contributed by atoms with E-state index in [0.717, 1.165) is 22.4 Å². The zero-order valence-corrected chi connectivity index (χ0v) is 10.6. The molecule has 2 heterocycles. The summed E-state index contributed by atoms with van der Waals surface area (Å²) in [6.07, 6.45) is 0. The molecule has 0 unspecified atom stereocenters. The number of hydrogen-bond acceptors (Lipinski definition) is 2. The molecule has 0 aliphatic carbocycles. The van der Waals surface area contributed by atoms with E-state index >= 15 is 0 Å². The molecule has 0 saturated carbocycles. The smallest absolute Gasteiger partial charge is 0.265 e. The van der Waals surface area contributed by atoms with Gasteiger partial charge in [-0.25, -0.2) is 0 Å². The number of carbonyl (C=O) groups excluding carboxylic acids is 1. The number of rotatable bonds is 1. The zero-order valence-electron chi connectivity index (χ0n) is 8.21. The molecule has 2 rings (SSSR count). The summed E-state index contributed by atoms with van der Waals surface area (Å²) in [5.74, 6) is 0.159. The molecule has 2 nitrogen and oxygen atoms in total. The standard InChI is InChI=1S/C10H12BrNOS/c1-10(2)5-12(6-10)9(13)8-7(11)3-4-14-8/h3-4H,5-6H2,1-2H3. The summed E-state index contributed by atoms with van der Waals surface area (Å²) in [6, 6.07) is 1.92. The molecule has 1 saturated heterocycles. The fourth-order valence-electron chi connectivity index (χ4n) is 1.72. The fourth-order valence-corrected chi connectivity index (χ4v) is 3.23. The Morgan fingerprint density at radius 1 is 1.57 bits per heavy atom. The van der Waals surface area contributed by atoms with Crippen molar-refractivity contribution in [3.05, 3.63) is 20.8 Å². The molecule has 1 amide bonds. The minimum atomic E-state index is 0.159. The molecule has 0 aromatic carbocycles. The van der Waals surface area contributed by atoms with Crippen LogP contribution in [-0.2, 0) is 0 Å². The first-order valence-electron chi connectivity index (χ1n) is 4.52. The molecule has 0 atom stereocenters. The number of likely N-dealkylation sites (tertiary alicyclic amines) is 1. The maximum atomic E-state index is 11.9. The minimum absolute atomic E-state index is 0.159. The van der Waals surface area contributed by atoms with Gasteiger partial charge < -0.3 is 4.90 Å². The number of carbonyl (C=O) groups is 1. The maximum absolute atomic E-state index is 11.9. The average molecular weight is 274 g/mol. The summed E-state index contributed by atoms with van der Waals surface area (Å²) in [5, 5.41) is 1.93. The van der Waals surface area contributed by atoms with Crippen molar-refractivity contribution in [2.45, 2.75) is 13.8 Å². The molecule has 0 bridgehead atoms. The lowest BCUT2D eigenvalue weighted by molar-refractivity contribution is 0.0240. The van der Waals surface area contributed by atoms with Gasteiger partial charge in [0.2, 0.25) is 0 Å². The quantitative estimate of drug-likeness (QED) is 0.771. The van der Waals surface area contributed by atoms with E-state index in [1.807, 2.05) is 16.3 Å². The summed E-state index contributed by atoms with van der Waals surface area (Å²) in [7, 11) is 0. The van der Waals surface area contributed by atoms with Gasteiger partial charge in [-0.3, -0.25) is 4.79 Å². The van der Waals surface area contributed by atoms with Crippen molar-refractivity contribution in [2.24, 2.45) is 5.41 Å². The van der Waals surface area contributed by atoms with Crippen LogP contribution in [0.5, 0.6) is 0 Å². The molecule has 1 aliphatic rings. The van der Waals surface area contributed by atoms with Crippen molar-refractivity contribution in [3.63, 3.8) is 0 Å². The molecule has 0 spiro atoms. The monoisotopic (exact) mass is 273 g/mol. The molecule has 1 fully saturated rings. The van der Waals surface area contributed by atoms with Crippen molar-refractivity contribution >= 4 is 33.2 Å². The number of hydrogen-bond donors (Lipinski definition) is 0. The van der Waals surface area contributed by atoms with Crippen LogP contribution in [0.1, 0.15) is 23.5 Å². The minimum Gasteiger partial charge on any atom is -0.337 e. The Labute approximate surface area is 96.0 Å². The van der Waals surface area contributed by atoms with Crippen LogP contribution in [0, 0.1) is 5.41 Å². The fraction of sp³-hybridized carbons (Fsp3) is 0.500. The second-order valence-corrected chi connectivity index (χ2v) is 6.19. The van der Waals surface area contributed by atoms with E-state index in [2.05, 4.69) is 29.8 Å². The van der Waals surface area contributed by atoms with Gasteiger partial charge in [-0.2, -0.15) is 0 Å². The molecular weight excluding hydrogens is 262 g/mol. The molecule has 0 radical (unpaired) electrons. The summed E-state index contributed by atoms with van der Waals surface area (Å²) < 4.78 is 0.914. The zero-order chi connectivity index (χ0) is 10.3. The van der Waals surface area contributed by atoms with Gasteiger partial charge in [-0.1, -0.05) is 13.8 Å². The van der Waals surface area contributed by atoms with Gasteiger partial charge in [0.25, 0.3) is 5.91 Å². The van der Waals surface area contributed by atoms with Crippen molar-refractivity contribution in [1.29, 1.82) is 0 Å².